The SMILES string of the molecule is CC[C@@H](C(=O)NC1CCCC1)N(Cc1ccc(C)cc1)C(=O)CN(c1ccc(C)cc1)S(=O)(=O)c1ccc(C)cc1. The zero-order valence-electron chi connectivity index (χ0n) is 24.5. The number of nitrogens with one attached hydrogen (secondary N) is 1. The molecule has 0 saturated heterocycles. The molecule has 0 spiro atoms. The first kappa shape index (κ1) is 30.3. The van der Waals surface area contributed by atoms with Crippen molar-refractivity contribution in [3.05, 3.63) is 95.1 Å². The third kappa shape index (κ3) is 7.55. The molecule has 1 atom stereocenters. The molecular formula is C33H41N3O4S. The molecule has 218 valence electrons. The van der Waals surface area contributed by atoms with Gasteiger partial charge in [0.1, 0.15) is 12.6 Å². The first-order valence-corrected chi connectivity index (χ1v) is 15.8. The number of hydrogen-bond acceptors (Lipinski definition) is 4. The van der Waals surface area contributed by atoms with E-state index in [0.29, 0.717) is 12.1 Å². The Morgan fingerprint density at radius 1 is 0.829 bits per heavy atom. The lowest BCUT2D eigenvalue weighted by molar-refractivity contribution is -0.140. The van der Waals surface area contributed by atoms with Crippen molar-refractivity contribution in [2.45, 2.75) is 83.3 Å². The smallest absolute Gasteiger partial charge is 0.264 e. The molecular weight excluding hydrogens is 534 g/mol. The van der Waals surface area contributed by atoms with Gasteiger partial charge in [-0.3, -0.25) is 13.9 Å². The number of benzene rings is 3. The van der Waals surface area contributed by atoms with E-state index in [1.807, 2.05) is 64.1 Å². The zero-order chi connectivity index (χ0) is 29.6. The maximum atomic E-state index is 14.2. The quantitative estimate of drug-likeness (QED) is 0.319. The van der Waals surface area contributed by atoms with Crippen LogP contribution in [0.3, 0.4) is 0 Å². The Morgan fingerprint density at radius 3 is 1.88 bits per heavy atom. The number of carbonyl (C=O) groups excluding carboxylic acids is 2. The largest absolute Gasteiger partial charge is 0.352 e. The summed E-state index contributed by atoms with van der Waals surface area (Å²) in [4.78, 5) is 29.4. The fourth-order valence-corrected chi connectivity index (χ4v) is 6.67. The number of sulfonamides is 1. The molecule has 7 nitrogen and oxygen atoms in total. The average molecular weight is 576 g/mol. The van der Waals surface area contributed by atoms with E-state index in [4.69, 9.17) is 0 Å². The van der Waals surface area contributed by atoms with Gasteiger partial charge < -0.3 is 10.2 Å². The summed E-state index contributed by atoms with van der Waals surface area (Å²) in [6, 6.07) is 20.9. The van der Waals surface area contributed by atoms with E-state index in [-0.39, 0.29) is 23.4 Å². The highest BCUT2D eigenvalue weighted by atomic mass is 32.2. The summed E-state index contributed by atoms with van der Waals surface area (Å²) in [7, 11) is -4.08. The topological polar surface area (TPSA) is 86.8 Å². The molecule has 3 aromatic rings. The highest BCUT2D eigenvalue weighted by Gasteiger charge is 2.34. The van der Waals surface area contributed by atoms with Gasteiger partial charge in [-0.25, -0.2) is 8.42 Å². The first-order valence-electron chi connectivity index (χ1n) is 14.4. The third-order valence-corrected chi connectivity index (χ3v) is 9.56. The highest BCUT2D eigenvalue weighted by Crippen LogP contribution is 2.26. The second-order valence-corrected chi connectivity index (χ2v) is 12.9. The summed E-state index contributed by atoms with van der Waals surface area (Å²) in [5.41, 5.74) is 4.27. The molecule has 0 unspecified atom stereocenters. The molecule has 8 heteroatoms. The van der Waals surface area contributed by atoms with Crippen molar-refractivity contribution in [1.82, 2.24) is 10.2 Å². The second kappa shape index (κ2) is 13.3. The van der Waals surface area contributed by atoms with Crippen LogP contribution in [-0.4, -0.2) is 43.8 Å². The number of hydrogen-bond donors (Lipinski definition) is 1. The van der Waals surface area contributed by atoms with Crippen molar-refractivity contribution in [2.75, 3.05) is 10.8 Å². The fourth-order valence-electron chi connectivity index (χ4n) is 5.25. The van der Waals surface area contributed by atoms with Crippen molar-refractivity contribution >= 4 is 27.5 Å². The fraction of sp³-hybridized carbons (Fsp3) is 0.394. The van der Waals surface area contributed by atoms with Gasteiger partial charge in [0.2, 0.25) is 11.8 Å². The number of anilines is 1. The van der Waals surface area contributed by atoms with Crippen LogP contribution in [0.25, 0.3) is 0 Å². The van der Waals surface area contributed by atoms with Crippen LogP contribution in [0.4, 0.5) is 5.69 Å². The number of amides is 2. The lowest BCUT2D eigenvalue weighted by Crippen LogP contribution is -2.53. The minimum atomic E-state index is -4.08. The monoisotopic (exact) mass is 575 g/mol. The summed E-state index contributed by atoms with van der Waals surface area (Å²) >= 11 is 0. The predicted octanol–water partition coefficient (Wildman–Crippen LogP) is 5.67. The first-order chi connectivity index (χ1) is 19.6. The summed E-state index contributed by atoms with van der Waals surface area (Å²) < 4.78 is 29.1. The molecule has 0 aliphatic heterocycles. The van der Waals surface area contributed by atoms with Gasteiger partial charge in [0.15, 0.2) is 0 Å². The number of rotatable bonds is 11. The molecule has 1 N–H and O–H groups in total. The van der Waals surface area contributed by atoms with Gasteiger partial charge in [-0.05, 0) is 69.9 Å². The summed E-state index contributed by atoms with van der Waals surface area (Å²) in [5.74, 6) is -0.626. The molecule has 3 aromatic carbocycles. The predicted molar refractivity (Wildman–Crippen MR) is 163 cm³/mol. The van der Waals surface area contributed by atoms with Crippen LogP contribution in [0.1, 0.15) is 61.3 Å². The van der Waals surface area contributed by atoms with Crippen molar-refractivity contribution in [1.29, 1.82) is 0 Å². The molecule has 1 saturated carbocycles. The minimum absolute atomic E-state index is 0.104. The lowest BCUT2D eigenvalue weighted by Gasteiger charge is -2.34. The van der Waals surface area contributed by atoms with Gasteiger partial charge in [0.05, 0.1) is 10.6 Å². The van der Waals surface area contributed by atoms with Crippen LogP contribution < -0.4 is 9.62 Å². The molecule has 1 aliphatic carbocycles. The van der Waals surface area contributed by atoms with Gasteiger partial charge in [-0.1, -0.05) is 85.0 Å². The van der Waals surface area contributed by atoms with E-state index in [0.717, 1.165) is 52.2 Å². The normalized spacial score (nSPS) is 14.4. The summed E-state index contributed by atoms with van der Waals surface area (Å²) in [5, 5.41) is 3.15. The van der Waals surface area contributed by atoms with Crippen molar-refractivity contribution in [3.63, 3.8) is 0 Å². The Bertz CT molecular complexity index is 1430. The molecule has 0 aromatic heterocycles. The zero-order valence-corrected chi connectivity index (χ0v) is 25.3. The maximum absolute atomic E-state index is 14.2. The maximum Gasteiger partial charge on any atom is 0.264 e. The van der Waals surface area contributed by atoms with Crippen molar-refractivity contribution in [3.8, 4) is 0 Å². The Morgan fingerprint density at radius 2 is 1.34 bits per heavy atom. The third-order valence-electron chi connectivity index (χ3n) is 7.77. The Kier molecular flexibility index (Phi) is 9.86. The van der Waals surface area contributed by atoms with Crippen LogP contribution in [0, 0.1) is 20.8 Å². The van der Waals surface area contributed by atoms with E-state index in [2.05, 4.69) is 5.32 Å². The minimum Gasteiger partial charge on any atom is -0.352 e. The molecule has 0 bridgehead atoms. The molecule has 1 fully saturated rings. The average Bonchev–Trinajstić information content (AvgIpc) is 3.46. The van der Waals surface area contributed by atoms with E-state index >= 15 is 0 Å². The summed E-state index contributed by atoms with van der Waals surface area (Å²) in [6.45, 7) is 7.45. The Hall–Kier alpha value is -3.65. The molecule has 2 amide bonds. The van der Waals surface area contributed by atoms with E-state index in [1.54, 1.807) is 41.3 Å². The molecule has 1 aliphatic rings. The lowest BCUT2D eigenvalue weighted by atomic mass is 10.1. The number of carbonyl (C=O) groups is 2. The molecule has 41 heavy (non-hydrogen) atoms. The van der Waals surface area contributed by atoms with Gasteiger partial charge in [-0.15, -0.1) is 0 Å². The van der Waals surface area contributed by atoms with Gasteiger partial charge in [-0.2, -0.15) is 0 Å². The Balaban J connectivity index is 1.70. The van der Waals surface area contributed by atoms with E-state index in [9.17, 15) is 18.0 Å². The van der Waals surface area contributed by atoms with Crippen LogP contribution in [0.5, 0.6) is 0 Å². The Labute approximate surface area is 244 Å². The number of nitrogens with zero attached hydrogens (tertiary/aromatic N) is 2. The van der Waals surface area contributed by atoms with Crippen molar-refractivity contribution in [2.24, 2.45) is 0 Å². The van der Waals surface area contributed by atoms with Crippen LogP contribution in [-0.2, 0) is 26.2 Å². The van der Waals surface area contributed by atoms with Crippen LogP contribution >= 0.6 is 0 Å². The van der Waals surface area contributed by atoms with Gasteiger partial charge in [0, 0.05) is 12.6 Å². The molecule has 0 radical (unpaired) electrons. The second-order valence-electron chi connectivity index (χ2n) is 11.1. The van der Waals surface area contributed by atoms with E-state index in [1.165, 1.54) is 0 Å². The molecule has 4 rings (SSSR count). The summed E-state index contributed by atoms with van der Waals surface area (Å²) in [6.07, 6.45) is 4.44. The number of aryl methyl sites for hydroxylation is 3. The standard InChI is InChI=1S/C33H41N3O4S/c1-5-31(33(38)34-28-8-6-7-9-28)35(22-27-16-10-24(2)11-17-27)32(37)23-36(29-18-12-25(3)13-19-29)41(39,40)30-20-14-26(4)15-21-30/h10-21,28,31H,5-9,22-23H2,1-4H3,(H,34,38)/t31-/m0/s1. The highest BCUT2D eigenvalue weighted by molar-refractivity contribution is 7.92. The van der Waals surface area contributed by atoms with Gasteiger partial charge in [0.25, 0.3) is 10.0 Å². The molecule has 0 heterocycles. The van der Waals surface area contributed by atoms with Gasteiger partial charge >= 0.3 is 0 Å². The van der Waals surface area contributed by atoms with Crippen molar-refractivity contribution < 1.29 is 18.0 Å². The van der Waals surface area contributed by atoms with Crippen LogP contribution in [0.15, 0.2) is 77.7 Å². The van der Waals surface area contributed by atoms with Crippen LogP contribution in [0.2, 0.25) is 0 Å². The van der Waals surface area contributed by atoms with E-state index < -0.39 is 28.5 Å².